The summed E-state index contributed by atoms with van der Waals surface area (Å²) < 4.78 is 13.8. The Kier molecular flexibility index (Phi) is 5.92. The highest BCUT2D eigenvalue weighted by molar-refractivity contribution is 6.31. The number of amides is 1. The van der Waals surface area contributed by atoms with Crippen LogP contribution in [0.15, 0.2) is 48.5 Å². The molecule has 0 atom stereocenters. The minimum Gasteiger partial charge on any atom is -0.395 e. The van der Waals surface area contributed by atoms with Crippen molar-refractivity contribution in [2.24, 2.45) is 0 Å². The molecule has 0 bridgehead atoms. The quantitative estimate of drug-likeness (QED) is 0.888. The normalized spacial score (nSPS) is 10.5. The van der Waals surface area contributed by atoms with E-state index in [0.717, 1.165) is 5.56 Å². The van der Waals surface area contributed by atoms with Gasteiger partial charge in [0.15, 0.2) is 0 Å². The monoisotopic (exact) mass is 321 g/mol. The lowest BCUT2D eigenvalue weighted by atomic mass is 10.1. The minimum absolute atomic E-state index is 0.127. The summed E-state index contributed by atoms with van der Waals surface area (Å²) in [5.74, 6) is -0.769. The Hall–Kier alpha value is -1.91. The summed E-state index contributed by atoms with van der Waals surface area (Å²) in [5, 5.41) is 9.38. The highest BCUT2D eigenvalue weighted by Gasteiger charge is 2.18. The number of hydrogen-bond donors (Lipinski definition) is 1. The number of benzene rings is 2. The van der Waals surface area contributed by atoms with Crippen LogP contribution in [-0.4, -0.2) is 29.1 Å². The third-order valence-electron chi connectivity index (χ3n) is 3.33. The van der Waals surface area contributed by atoms with E-state index in [9.17, 15) is 9.18 Å². The number of halogens is 2. The van der Waals surface area contributed by atoms with Crippen molar-refractivity contribution in [1.29, 1.82) is 0 Å². The summed E-state index contributed by atoms with van der Waals surface area (Å²) in [7, 11) is 0. The van der Waals surface area contributed by atoms with Crippen molar-refractivity contribution in [2.45, 2.75) is 13.0 Å². The maximum atomic E-state index is 13.8. The summed E-state index contributed by atoms with van der Waals surface area (Å²) in [6, 6.07) is 13.8. The fourth-order valence-electron chi connectivity index (χ4n) is 2.18. The molecule has 0 saturated heterocycles. The summed E-state index contributed by atoms with van der Waals surface area (Å²) in [6.45, 7) is 0.412. The average Bonchev–Trinajstić information content (AvgIpc) is 2.51. The minimum atomic E-state index is -0.496. The molecule has 0 aliphatic carbocycles. The Labute approximate surface area is 133 Å². The van der Waals surface area contributed by atoms with Gasteiger partial charge in [-0.15, -0.1) is 0 Å². The molecule has 0 saturated carbocycles. The molecule has 0 unspecified atom stereocenters. The molecule has 1 amide bonds. The van der Waals surface area contributed by atoms with Crippen LogP contribution in [0, 0.1) is 5.82 Å². The Bertz CT molecular complexity index is 614. The van der Waals surface area contributed by atoms with Gasteiger partial charge in [-0.25, -0.2) is 4.39 Å². The van der Waals surface area contributed by atoms with Crippen LogP contribution in [0.2, 0.25) is 5.02 Å². The van der Waals surface area contributed by atoms with Gasteiger partial charge in [0.1, 0.15) is 5.82 Å². The fourth-order valence-corrected chi connectivity index (χ4v) is 2.41. The van der Waals surface area contributed by atoms with Gasteiger partial charge in [-0.2, -0.15) is 0 Å². The first-order chi connectivity index (χ1) is 10.6. The lowest BCUT2D eigenvalue weighted by Crippen LogP contribution is -2.34. The topological polar surface area (TPSA) is 40.5 Å². The summed E-state index contributed by atoms with van der Waals surface area (Å²) in [4.78, 5) is 13.9. The van der Waals surface area contributed by atoms with Crippen molar-refractivity contribution in [3.05, 3.63) is 70.5 Å². The smallest absolute Gasteiger partial charge is 0.227 e. The second-order valence-corrected chi connectivity index (χ2v) is 5.31. The molecule has 1 N–H and O–H groups in total. The average molecular weight is 322 g/mol. The van der Waals surface area contributed by atoms with Crippen LogP contribution in [-0.2, 0) is 17.8 Å². The van der Waals surface area contributed by atoms with Crippen molar-refractivity contribution in [1.82, 2.24) is 4.90 Å². The second-order valence-electron chi connectivity index (χ2n) is 4.90. The third-order valence-corrected chi connectivity index (χ3v) is 3.68. The first-order valence-electron chi connectivity index (χ1n) is 6.97. The number of hydrogen-bond acceptors (Lipinski definition) is 2. The zero-order valence-corrected chi connectivity index (χ0v) is 12.8. The first-order valence-corrected chi connectivity index (χ1v) is 7.35. The molecule has 5 heteroatoms. The van der Waals surface area contributed by atoms with E-state index in [1.807, 2.05) is 30.3 Å². The first kappa shape index (κ1) is 16.5. The largest absolute Gasteiger partial charge is 0.395 e. The zero-order valence-electron chi connectivity index (χ0n) is 12.0. The maximum absolute atomic E-state index is 13.8. The van der Waals surface area contributed by atoms with Gasteiger partial charge in [0, 0.05) is 23.7 Å². The van der Waals surface area contributed by atoms with Crippen LogP contribution in [0.1, 0.15) is 11.1 Å². The lowest BCUT2D eigenvalue weighted by molar-refractivity contribution is -0.131. The highest BCUT2D eigenvalue weighted by atomic mass is 35.5. The van der Waals surface area contributed by atoms with E-state index in [-0.39, 0.29) is 36.1 Å². The standard InChI is InChI=1S/C17H17ClFNO2/c18-15-7-4-8-16(19)14(15)11-17(22)20(9-10-21)12-13-5-2-1-3-6-13/h1-8,21H,9-12H2. The van der Waals surface area contributed by atoms with Crippen molar-refractivity contribution in [3.8, 4) is 0 Å². The molecule has 2 aromatic rings. The molecular weight excluding hydrogens is 305 g/mol. The maximum Gasteiger partial charge on any atom is 0.227 e. The summed E-state index contributed by atoms with van der Waals surface area (Å²) in [5.41, 5.74) is 1.13. The Morgan fingerprint density at radius 1 is 1.14 bits per heavy atom. The molecule has 0 radical (unpaired) electrons. The SMILES string of the molecule is O=C(Cc1c(F)cccc1Cl)N(CCO)Cc1ccccc1. The number of nitrogens with zero attached hydrogens (tertiary/aromatic N) is 1. The van der Waals surface area contributed by atoms with Gasteiger partial charge < -0.3 is 10.0 Å². The van der Waals surface area contributed by atoms with E-state index in [1.54, 1.807) is 6.07 Å². The predicted molar refractivity (Wildman–Crippen MR) is 84.1 cm³/mol. The molecular formula is C17H17ClFNO2. The van der Waals surface area contributed by atoms with Gasteiger partial charge in [0.25, 0.3) is 0 Å². The third kappa shape index (κ3) is 4.29. The lowest BCUT2D eigenvalue weighted by Gasteiger charge is -2.22. The molecule has 2 aromatic carbocycles. The molecule has 0 fully saturated rings. The predicted octanol–water partition coefficient (Wildman–Crippen LogP) is 3.04. The number of aliphatic hydroxyl groups excluding tert-OH is 1. The number of carbonyl (C=O) groups excluding carboxylic acids is 1. The highest BCUT2D eigenvalue weighted by Crippen LogP contribution is 2.20. The van der Waals surface area contributed by atoms with Gasteiger partial charge >= 0.3 is 0 Å². The van der Waals surface area contributed by atoms with Crippen molar-refractivity contribution >= 4 is 17.5 Å². The van der Waals surface area contributed by atoms with Gasteiger partial charge in [0.2, 0.25) is 5.91 Å². The Balaban J connectivity index is 2.13. The van der Waals surface area contributed by atoms with E-state index in [4.69, 9.17) is 16.7 Å². The Morgan fingerprint density at radius 2 is 1.86 bits per heavy atom. The second kappa shape index (κ2) is 7.92. The van der Waals surface area contributed by atoms with Crippen molar-refractivity contribution in [2.75, 3.05) is 13.2 Å². The fraction of sp³-hybridized carbons (Fsp3) is 0.235. The molecule has 0 spiro atoms. The molecule has 0 aromatic heterocycles. The van der Waals surface area contributed by atoms with E-state index < -0.39 is 5.82 Å². The number of rotatable bonds is 6. The van der Waals surface area contributed by atoms with Crippen molar-refractivity contribution in [3.63, 3.8) is 0 Å². The van der Waals surface area contributed by atoms with E-state index >= 15 is 0 Å². The molecule has 3 nitrogen and oxygen atoms in total. The van der Waals surface area contributed by atoms with E-state index in [2.05, 4.69) is 0 Å². The van der Waals surface area contributed by atoms with E-state index in [0.29, 0.717) is 6.54 Å². The Morgan fingerprint density at radius 3 is 2.50 bits per heavy atom. The molecule has 0 aliphatic heterocycles. The zero-order chi connectivity index (χ0) is 15.9. The summed E-state index contributed by atoms with van der Waals surface area (Å²) >= 11 is 5.96. The van der Waals surface area contributed by atoms with Crippen LogP contribution in [0.5, 0.6) is 0 Å². The van der Waals surface area contributed by atoms with Crippen LogP contribution in [0.3, 0.4) is 0 Å². The number of carbonyl (C=O) groups is 1. The van der Waals surface area contributed by atoms with Gasteiger partial charge in [0.05, 0.1) is 13.0 Å². The molecule has 22 heavy (non-hydrogen) atoms. The van der Waals surface area contributed by atoms with Crippen LogP contribution in [0.4, 0.5) is 4.39 Å². The van der Waals surface area contributed by atoms with Gasteiger partial charge in [-0.3, -0.25) is 4.79 Å². The molecule has 2 rings (SSSR count). The molecule has 116 valence electrons. The van der Waals surface area contributed by atoms with Gasteiger partial charge in [-0.1, -0.05) is 48.0 Å². The van der Waals surface area contributed by atoms with E-state index in [1.165, 1.54) is 17.0 Å². The molecule has 0 heterocycles. The summed E-state index contributed by atoms with van der Waals surface area (Å²) in [6.07, 6.45) is -0.127. The number of aliphatic hydroxyl groups is 1. The van der Waals surface area contributed by atoms with Gasteiger partial charge in [-0.05, 0) is 17.7 Å². The van der Waals surface area contributed by atoms with Crippen LogP contribution >= 0.6 is 11.6 Å². The van der Waals surface area contributed by atoms with Crippen LogP contribution < -0.4 is 0 Å². The molecule has 0 aliphatic rings. The van der Waals surface area contributed by atoms with Crippen molar-refractivity contribution < 1.29 is 14.3 Å². The van der Waals surface area contributed by atoms with Crippen LogP contribution in [0.25, 0.3) is 0 Å².